The van der Waals surface area contributed by atoms with Gasteiger partial charge in [0.1, 0.15) is 0 Å². The molecule has 2 N–H and O–H groups in total. The first-order valence-corrected chi connectivity index (χ1v) is 4.22. The van der Waals surface area contributed by atoms with Crippen molar-refractivity contribution >= 4 is 23.1 Å². The Bertz CT molecular complexity index is 347. The van der Waals surface area contributed by atoms with Crippen molar-refractivity contribution in [1.82, 2.24) is 0 Å². The average Bonchev–Trinajstić information content (AvgIpc) is 2.04. The molecular formula is C10H10ClNO. The third-order valence-corrected chi connectivity index (χ3v) is 1.88. The molecule has 0 aliphatic rings. The lowest BCUT2D eigenvalue weighted by atomic mass is 10.1. The third kappa shape index (κ3) is 2.33. The number of nitrogen functional groups attached to an aromatic ring is 1. The van der Waals surface area contributed by atoms with E-state index >= 15 is 0 Å². The molecule has 0 aromatic heterocycles. The lowest BCUT2D eigenvalue weighted by Gasteiger charge is -2.02. The van der Waals surface area contributed by atoms with E-state index in [4.69, 9.17) is 17.3 Å². The van der Waals surface area contributed by atoms with E-state index in [9.17, 15) is 4.79 Å². The van der Waals surface area contributed by atoms with Crippen LogP contribution in [0.1, 0.15) is 16.8 Å². The topological polar surface area (TPSA) is 43.1 Å². The van der Waals surface area contributed by atoms with Crippen LogP contribution in [0.25, 0.3) is 0 Å². The van der Waals surface area contributed by atoms with E-state index in [-0.39, 0.29) is 5.78 Å². The Labute approximate surface area is 82.0 Å². The number of allylic oxidation sites excluding steroid dienone is 1. The van der Waals surface area contributed by atoms with Gasteiger partial charge in [0.25, 0.3) is 0 Å². The lowest BCUT2D eigenvalue weighted by Crippen LogP contribution is -2.02. The number of hydrogen-bond donors (Lipinski definition) is 1. The Morgan fingerprint density at radius 2 is 2.31 bits per heavy atom. The van der Waals surface area contributed by atoms with Crippen LogP contribution >= 0.6 is 11.6 Å². The van der Waals surface area contributed by atoms with Gasteiger partial charge in [-0.25, -0.2) is 0 Å². The first-order chi connectivity index (χ1) is 6.15. The Morgan fingerprint density at radius 3 is 2.85 bits per heavy atom. The molecule has 0 saturated carbocycles. The van der Waals surface area contributed by atoms with Gasteiger partial charge in [-0.3, -0.25) is 4.79 Å². The van der Waals surface area contributed by atoms with Crippen molar-refractivity contribution < 1.29 is 4.79 Å². The van der Waals surface area contributed by atoms with Gasteiger partial charge in [0.2, 0.25) is 0 Å². The summed E-state index contributed by atoms with van der Waals surface area (Å²) in [6.45, 7) is 3.49. The standard InChI is InChI=1S/C10H10ClNO/c1-2-3-10(13)8-5-4-7(11)6-9(8)12/h2,4-6H,1,3,12H2. The van der Waals surface area contributed by atoms with E-state index in [0.717, 1.165) is 0 Å². The molecule has 0 unspecified atom stereocenters. The second-order valence-electron chi connectivity index (χ2n) is 2.65. The highest BCUT2D eigenvalue weighted by molar-refractivity contribution is 6.31. The number of halogens is 1. The molecule has 0 fully saturated rings. The third-order valence-electron chi connectivity index (χ3n) is 1.64. The van der Waals surface area contributed by atoms with Crippen LogP contribution in [0, 0.1) is 0 Å². The molecule has 3 heteroatoms. The van der Waals surface area contributed by atoms with E-state index in [1.807, 2.05) is 0 Å². The summed E-state index contributed by atoms with van der Waals surface area (Å²) in [5, 5.41) is 0.535. The summed E-state index contributed by atoms with van der Waals surface area (Å²) in [6, 6.07) is 4.84. The molecule has 0 radical (unpaired) electrons. The number of benzene rings is 1. The molecule has 1 aromatic rings. The molecule has 1 rings (SSSR count). The van der Waals surface area contributed by atoms with E-state index in [1.165, 1.54) is 0 Å². The smallest absolute Gasteiger partial charge is 0.168 e. The summed E-state index contributed by atoms with van der Waals surface area (Å²) in [5.74, 6) is -0.0378. The van der Waals surface area contributed by atoms with Crippen molar-refractivity contribution in [2.75, 3.05) is 5.73 Å². The number of rotatable bonds is 3. The maximum atomic E-state index is 11.4. The fraction of sp³-hybridized carbons (Fsp3) is 0.100. The van der Waals surface area contributed by atoms with Gasteiger partial charge in [-0.05, 0) is 18.2 Å². The van der Waals surface area contributed by atoms with Crippen molar-refractivity contribution in [2.45, 2.75) is 6.42 Å². The molecule has 0 spiro atoms. The van der Waals surface area contributed by atoms with Gasteiger partial charge < -0.3 is 5.73 Å². The predicted molar refractivity (Wildman–Crippen MR) is 55.0 cm³/mol. The molecule has 68 valence electrons. The quantitative estimate of drug-likeness (QED) is 0.458. The van der Waals surface area contributed by atoms with Gasteiger partial charge in [-0.2, -0.15) is 0 Å². The minimum atomic E-state index is -0.0378. The van der Waals surface area contributed by atoms with Gasteiger partial charge in [0.05, 0.1) is 0 Å². The second-order valence-corrected chi connectivity index (χ2v) is 3.08. The largest absolute Gasteiger partial charge is 0.398 e. The van der Waals surface area contributed by atoms with Crippen molar-refractivity contribution in [3.63, 3.8) is 0 Å². The highest BCUT2D eigenvalue weighted by Gasteiger charge is 2.07. The number of carbonyl (C=O) groups excluding carboxylic acids is 1. The van der Waals surface area contributed by atoms with Gasteiger partial charge >= 0.3 is 0 Å². The van der Waals surface area contributed by atoms with E-state index < -0.39 is 0 Å². The molecule has 0 aliphatic heterocycles. The zero-order valence-corrected chi connectivity index (χ0v) is 7.84. The van der Waals surface area contributed by atoms with Gasteiger partial charge in [-0.1, -0.05) is 17.7 Å². The number of hydrogen-bond acceptors (Lipinski definition) is 2. The molecule has 0 heterocycles. The fourth-order valence-electron chi connectivity index (χ4n) is 1.03. The van der Waals surface area contributed by atoms with Crippen LogP contribution in [-0.2, 0) is 0 Å². The minimum Gasteiger partial charge on any atom is -0.398 e. The van der Waals surface area contributed by atoms with Gasteiger partial charge in [0.15, 0.2) is 5.78 Å². The summed E-state index contributed by atoms with van der Waals surface area (Å²) in [5.41, 5.74) is 6.53. The maximum absolute atomic E-state index is 11.4. The molecule has 1 aromatic carbocycles. The highest BCUT2D eigenvalue weighted by Crippen LogP contribution is 2.19. The van der Waals surface area contributed by atoms with Crippen LogP contribution < -0.4 is 5.73 Å². The molecule has 0 atom stereocenters. The van der Waals surface area contributed by atoms with Crippen molar-refractivity contribution in [3.8, 4) is 0 Å². The number of carbonyl (C=O) groups is 1. The Morgan fingerprint density at radius 1 is 1.62 bits per heavy atom. The van der Waals surface area contributed by atoms with Crippen LogP contribution in [0.15, 0.2) is 30.9 Å². The minimum absolute atomic E-state index is 0.0378. The highest BCUT2D eigenvalue weighted by atomic mass is 35.5. The molecule has 13 heavy (non-hydrogen) atoms. The summed E-state index contributed by atoms with van der Waals surface area (Å²) in [6.07, 6.45) is 1.85. The van der Waals surface area contributed by atoms with Crippen molar-refractivity contribution in [3.05, 3.63) is 41.4 Å². The summed E-state index contributed by atoms with van der Waals surface area (Å²) >= 11 is 5.69. The Hall–Kier alpha value is -1.28. The zero-order chi connectivity index (χ0) is 9.84. The van der Waals surface area contributed by atoms with Crippen molar-refractivity contribution in [2.24, 2.45) is 0 Å². The van der Waals surface area contributed by atoms with Crippen molar-refractivity contribution in [1.29, 1.82) is 0 Å². The monoisotopic (exact) mass is 195 g/mol. The average molecular weight is 196 g/mol. The first-order valence-electron chi connectivity index (χ1n) is 3.84. The Kier molecular flexibility index (Phi) is 3.09. The maximum Gasteiger partial charge on any atom is 0.168 e. The summed E-state index contributed by atoms with van der Waals surface area (Å²) < 4.78 is 0. The van der Waals surface area contributed by atoms with Crippen LogP contribution in [0.3, 0.4) is 0 Å². The zero-order valence-electron chi connectivity index (χ0n) is 7.09. The molecule has 2 nitrogen and oxygen atoms in total. The Balaban J connectivity index is 3.01. The fourth-order valence-corrected chi connectivity index (χ4v) is 1.21. The molecule has 0 amide bonds. The molecule has 0 saturated heterocycles. The number of nitrogens with two attached hydrogens (primary N) is 1. The predicted octanol–water partition coefficient (Wildman–Crippen LogP) is 2.68. The number of ketones is 1. The van der Waals surface area contributed by atoms with Crippen LogP contribution in [0.5, 0.6) is 0 Å². The van der Waals surface area contributed by atoms with Crippen LogP contribution in [0.2, 0.25) is 5.02 Å². The second kappa shape index (κ2) is 4.10. The van der Waals surface area contributed by atoms with E-state index in [2.05, 4.69) is 6.58 Å². The lowest BCUT2D eigenvalue weighted by molar-refractivity contribution is 0.0997. The normalized spacial score (nSPS) is 9.62. The number of anilines is 1. The SMILES string of the molecule is C=CCC(=O)c1ccc(Cl)cc1N. The first kappa shape index (κ1) is 9.81. The van der Waals surface area contributed by atoms with Gasteiger partial charge in [0, 0.05) is 22.7 Å². The summed E-state index contributed by atoms with van der Waals surface area (Å²) in [4.78, 5) is 11.4. The van der Waals surface area contributed by atoms with Crippen LogP contribution in [-0.4, -0.2) is 5.78 Å². The summed E-state index contributed by atoms with van der Waals surface area (Å²) in [7, 11) is 0. The van der Waals surface area contributed by atoms with Gasteiger partial charge in [-0.15, -0.1) is 6.58 Å². The molecule has 0 bridgehead atoms. The van der Waals surface area contributed by atoms with Crippen LogP contribution in [0.4, 0.5) is 5.69 Å². The molecular weight excluding hydrogens is 186 g/mol. The van der Waals surface area contributed by atoms with E-state index in [0.29, 0.717) is 22.7 Å². The van der Waals surface area contributed by atoms with E-state index in [1.54, 1.807) is 24.3 Å². The molecule has 0 aliphatic carbocycles. The number of Topliss-reactive ketones (excluding diaryl/α,β-unsaturated/α-hetero) is 1.